The van der Waals surface area contributed by atoms with Gasteiger partial charge in [-0.2, -0.15) is 5.26 Å². The third-order valence-electron chi connectivity index (χ3n) is 3.09. The molecule has 4 nitrogen and oxygen atoms in total. The minimum atomic E-state index is 0.676. The second-order valence-electron chi connectivity index (χ2n) is 4.57. The van der Waals surface area contributed by atoms with Crippen molar-refractivity contribution < 1.29 is 0 Å². The van der Waals surface area contributed by atoms with Crippen LogP contribution in [0.15, 0.2) is 30.7 Å². The molecule has 0 aliphatic rings. The molecule has 2 rings (SSSR count). The topological polar surface area (TPSA) is 53.6 Å². The summed E-state index contributed by atoms with van der Waals surface area (Å²) in [6.45, 7) is 5.88. The van der Waals surface area contributed by atoms with E-state index in [0.717, 1.165) is 36.5 Å². The average molecular weight is 254 g/mol. The van der Waals surface area contributed by atoms with Crippen molar-refractivity contribution in [2.45, 2.75) is 33.4 Å². The summed E-state index contributed by atoms with van der Waals surface area (Å²) in [5, 5.41) is 12.3. The number of aromatic nitrogens is 2. The number of hydrogen-bond acceptors (Lipinski definition) is 3. The number of hydrogen-bond donors (Lipinski definition) is 1. The van der Waals surface area contributed by atoms with E-state index < -0.39 is 0 Å². The number of nitrogens with zero attached hydrogens (tertiary/aromatic N) is 3. The van der Waals surface area contributed by atoms with Crippen molar-refractivity contribution in [1.82, 2.24) is 9.55 Å². The Bertz CT molecular complexity index is 592. The normalized spacial score (nSPS) is 10.2. The lowest BCUT2D eigenvalue weighted by Gasteiger charge is -2.11. The molecule has 4 heteroatoms. The second-order valence-corrected chi connectivity index (χ2v) is 4.57. The van der Waals surface area contributed by atoms with Crippen molar-refractivity contribution in [3.05, 3.63) is 47.5 Å². The van der Waals surface area contributed by atoms with Gasteiger partial charge in [0.15, 0.2) is 0 Å². The number of anilines is 1. The molecule has 0 saturated carbocycles. The summed E-state index contributed by atoms with van der Waals surface area (Å²) in [5.74, 6) is 0. The zero-order valence-electron chi connectivity index (χ0n) is 11.3. The molecule has 0 fully saturated rings. The van der Waals surface area contributed by atoms with E-state index in [1.807, 2.05) is 37.6 Å². The van der Waals surface area contributed by atoms with Gasteiger partial charge < -0.3 is 9.88 Å². The Balaban J connectivity index is 2.10. The molecule has 0 aliphatic carbocycles. The second kappa shape index (κ2) is 6.05. The molecule has 0 spiro atoms. The van der Waals surface area contributed by atoms with Crippen LogP contribution in [0.1, 0.15) is 30.2 Å². The molecule has 0 aliphatic heterocycles. The van der Waals surface area contributed by atoms with Crippen LogP contribution in [-0.2, 0) is 13.1 Å². The van der Waals surface area contributed by atoms with Gasteiger partial charge in [-0.15, -0.1) is 0 Å². The van der Waals surface area contributed by atoms with E-state index >= 15 is 0 Å². The molecule has 19 heavy (non-hydrogen) atoms. The van der Waals surface area contributed by atoms with Crippen molar-refractivity contribution in [1.29, 1.82) is 5.26 Å². The largest absolute Gasteiger partial charge is 0.379 e. The Morgan fingerprint density at radius 1 is 1.42 bits per heavy atom. The molecular formula is C15H18N4. The minimum absolute atomic E-state index is 0.676. The van der Waals surface area contributed by atoms with E-state index in [0.29, 0.717) is 5.56 Å². The van der Waals surface area contributed by atoms with E-state index in [4.69, 9.17) is 5.26 Å². The van der Waals surface area contributed by atoms with Crippen LogP contribution in [-0.4, -0.2) is 9.55 Å². The highest BCUT2D eigenvalue weighted by Crippen LogP contribution is 2.17. The lowest BCUT2D eigenvalue weighted by atomic mass is 10.1. The van der Waals surface area contributed by atoms with Gasteiger partial charge >= 0.3 is 0 Å². The molecule has 0 radical (unpaired) electrons. The standard InChI is InChI=1S/C15H18N4/c1-3-6-19-11-17-9-14(19)10-18-15-7-13(8-16)5-4-12(15)2/h4-5,7,9,11,18H,3,6,10H2,1-2H3. The fraction of sp³-hybridized carbons (Fsp3) is 0.333. The molecule has 1 aromatic carbocycles. The first kappa shape index (κ1) is 13.2. The summed E-state index contributed by atoms with van der Waals surface area (Å²) in [6.07, 6.45) is 4.83. The van der Waals surface area contributed by atoms with Crippen LogP contribution < -0.4 is 5.32 Å². The van der Waals surface area contributed by atoms with Crippen molar-refractivity contribution in [3.8, 4) is 6.07 Å². The zero-order chi connectivity index (χ0) is 13.7. The third kappa shape index (κ3) is 3.14. The highest BCUT2D eigenvalue weighted by atomic mass is 15.1. The van der Waals surface area contributed by atoms with E-state index in [2.05, 4.69) is 27.9 Å². The van der Waals surface area contributed by atoms with Crippen LogP contribution in [0.5, 0.6) is 0 Å². The first-order valence-corrected chi connectivity index (χ1v) is 6.48. The van der Waals surface area contributed by atoms with Crippen molar-refractivity contribution in [2.75, 3.05) is 5.32 Å². The molecule has 0 amide bonds. The molecule has 1 N–H and O–H groups in total. The van der Waals surface area contributed by atoms with E-state index in [-0.39, 0.29) is 0 Å². The van der Waals surface area contributed by atoms with E-state index in [9.17, 15) is 0 Å². The fourth-order valence-corrected chi connectivity index (χ4v) is 2.01. The lowest BCUT2D eigenvalue weighted by molar-refractivity contribution is 0.651. The summed E-state index contributed by atoms with van der Waals surface area (Å²) in [6, 6.07) is 7.84. The molecule has 98 valence electrons. The first-order valence-electron chi connectivity index (χ1n) is 6.48. The monoisotopic (exact) mass is 254 g/mol. The SMILES string of the molecule is CCCn1cncc1CNc1cc(C#N)ccc1C. The third-order valence-corrected chi connectivity index (χ3v) is 3.09. The number of aryl methyl sites for hydroxylation is 2. The van der Waals surface area contributed by atoms with E-state index in [1.165, 1.54) is 0 Å². The summed E-state index contributed by atoms with van der Waals surface area (Å²) < 4.78 is 2.15. The van der Waals surface area contributed by atoms with Gasteiger partial charge in [-0.3, -0.25) is 0 Å². The van der Waals surface area contributed by atoms with Gasteiger partial charge in [0, 0.05) is 18.4 Å². The van der Waals surface area contributed by atoms with Crippen molar-refractivity contribution >= 4 is 5.69 Å². The maximum Gasteiger partial charge on any atom is 0.0992 e. The van der Waals surface area contributed by atoms with E-state index in [1.54, 1.807) is 0 Å². The predicted molar refractivity (Wildman–Crippen MR) is 75.7 cm³/mol. The zero-order valence-corrected chi connectivity index (χ0v) is 11.3. The maximum atomic E-state index is 8.93. The van der Waals surface area contributed by atoms with Gasteiger partial charge in [-0.05, 0) is 31.0 Å². The maximum absolute atomic E-state index is 8.93. The van der Waals surface area contributed by atoms with Gasteiger partial charge in [-0.25, -0.2) is 4.98 Å². The van der Waals surface area contributed by atoms with Crippen LogP contribution in [0.2, 0.25) is 0 Å². The predicted octanol–water partition coefficient (Wildman–Crippen LogP) is 3.09. The highest BCUT2D eigenvalue weighted by Gasteiger charge is 2.03. The molecular weight excluding hydrogens is 236 g/mol. The molecule has 0 bridgehead atoms. The quantitative estimate of drug-likeness (QED) is 0.892. The Kier molecular flexibility index (Phi) is 4.19. The number of nitrogens with one attached hydrogen (secondary N) is 1. The van der Waals surface area contributed by atoms with Gasteiger partial charge in [0.1, 0.15) is 0 Å². The first-order chi connectivity index (χ1) is 9.24. The molecule has 0 saturated heterocycles. The summed E-state index contributed by atoms with van der Waals surface area (Å²) in [7, 11) is 0. The number of nitriles is 1. The number of imidazole rings is 1. The Labute approximate surface area is 113 Å². The molecule has 1 heterocycles. The minimum Gasteiger partial charge on any atom is -0.379 e. The molecule has 0 unspecified atom stereocenters. The number of benzene rings is 1. The Hall–Kier alpha value is -2.28. The van der Waals surface area contributed by atoms with Crippen LogP contribution in [0, 0.1) is 18.3 Å². The molecule has 2 aromatic rings. The Morgan fingerprint density at radius 2 is 2.26 bits per heavy atom. The van der Waals surface area contributed by atoms with Gasteiger partial charge in [0.2, 0.25) is 0 Å². The molecule has 0 atom stereocenters. The summed E-state index contributed by atoms with van der Waals surface area (Å²) in [4.78, 5) is 4.18. The van der Waals surface area contributed by atoms with Crippen molar-refractivity contribution in [2.24, 2.45) is 0 Å². The van der Waals surface area contributed by atoms with Gasteiger partial charge in [0.05, 0.1) is 30.2 Å². The van der Waals surface area contributed by atoms with Crippen LogP contribution in [0.25, 0.3) is 0 Å². The van der Waals surface area contributed by atoms with Crippen LogP contribution in [0.4, 0.5) is 5.69 Å². The van der Waals surface area contributed by atoms with Crippen molar-refractivity contribution in [3.63, 3.8) is 0 Å². The summed E-state index contributed by atoms with van der Waals surface area (Å²) in [5.41, 5.74) is 3.97. The Morgan fingerprint density at radius 3 is 3.00 bits per heavy atom. The average Bonchev–Trinajstić information content (AvgIpc) is 2.86. The lowest BCUT2D eigenvalue weighted by Crippen LogP contribution is -2.07. The van der Waals surface area contributed by atoms with Crippen LogP contribution in [0.3, 0.4) is 0 Å². The van der Waals surface area contributed by atoms with Gasteiger partial charge in [-0.1, -0.05) is 13.0 Å². The van der Waals surface area contributed by atoms with Gasteiger partial charge in [0.25, 0.3) is 0 Å². The number of rotatable bonds is 5. The smallest absolute Gasteiger partial charge is 0.0992 e. The summed E-state index contributed by atoms with van der Waals surface area (Å²) >= 11 is 0. The highest BCUT2D eigenvalue weighted by molar-refractivity contribution is 5.55. The molecule has 1 aromatic heterocycles. The fourth-order valence-electron chi connectivity index (χ4n) is 2.01. The van der Waals surface area contributed by atoms with Crippen LogP contribution >= 0.6 is 0 Å².